The van der Waals surface area contributed by atoms with Gasteiger partial charge in [-0.15, -0.1) is 0 Å². The van der Waals surface area contributed by atoms with Crippen LogP contribution >= 0.6 is 0 Å². The number of urea groups is 1. The second kappa shape index (κ2) is 6.69. The van der Waals surface area contributed by atoms with Crippen molar-refractivity contribution in [1.29, 1.82) is 0 Å². The highest BCUT2D eigenvalue weighted by atomic mass is 16.2. The van der Waals surface area contributed by atoms with E-state index in [2.05, 4.69) is 54.6 Å². The van der Waals surface area contributed by atoms with Crippen molar-refractivity contribution in [3.63, 3.8) is 0 Å². The molecular weight excluding hydrogens is 334 g/mol. The van der Waals surface area contributed by atoms with Crippen molar-refractivity contribution in [3.8, 4) is 0 Å². The molecule has 0 bridgehead atoms. The largest absolute Gasteiger partial charge is 0.331 e. The highest BCUT2D eigenvalue weighted by Crippen LogP contribution is 2.34. The number of carbonyl (C=O) groups excluding carboxylic acids is 1. The number of nitrogens with zero attached hydrogens (tertiary/aromatic N) is 1. The molecule has 1 aromatic heterocycles. The van der Waals surface area contributed by atoms with Gasteiger partial charge in [0, 0.05) is 23.2 Å². The number of benzene rings is 2. The van der Waals surface area contributed by atoms with Gasteiger partial charge in [0.05, 0.1) is 14.5 Å². The summed E-state index contributed by atoms with van der Waals surface area (Å²) < 4.78 is 16.2. The Hall–Kier alpha value is -2.88. The van der Waals surface area contributed by atoms with Crippen molar-refractivity contribution in [3.05, 3.63) is 71.5 Å². The summed E-state index contributed by atoms with van der Waals surface area (Å²) in [5.74, 6) is 0. The number of aromatic nitrogens is 1. The van der Waals surface area contributed by atoms with Crippen LogP contribution in [0.2, 0.25) is 0 Å². The number of pyridine rings is 1. The molecule has 0 fully saturated rings. The van der Waals surface area contributed by atoms with E-state index in [4.69, 9.17) is 2.74 Å². The zero-order valence-corrected chi connectivity index (χ0v) is 15.9. The minimum Gasteiger partial charge on any atom is -0.331 e. The number of amides is 2. The molecule has 1 aliphatic rings. The van der Waals surface area contributed by atoms with Crippen molar-refractivity contribution in [2.24, 2.45) is 0 Å². The molecule has 0 radical (unpaired) electrons. The Labute approximate surface area is 162 Å². The first-order chi connectivity index (χ1) is 13.7. The zero-order valence-electron chi connectivity index (χ0n) is 17.9. The topological polar surface area (TPSA) is 54.0 Å². The lowest BCUT2D eigenvalue weighted by molar-refractivity contribution is 0.248. The smallest absolute Gasteiger partial charge is 0.319 e. The molecule has 0 aliphatic heterocycles. The van der Waals surface area contributed by atoms with E-state index >= 15 is 0 Å². The van der Waals surface area contributed by atoms with Crippen LogP contribution in [-0.2, 0) is 11.8 Å². The molecule has 4 nitrogen and oxygen atoms in total. The van der Waals surface area contributed by atoms with Crippen LogP contribution in [0.3, 0.4) is 0 Å². The van der Waals surface area contributed by atoms with Gasteiger partial charge in [-0.25, -0.2) is 4.79 Å². The molecule has 1 heterocycles. The average Bonchev–Trinajstić information content (AvgIpc) is 3.06. The summed E-state index contributed by atoms with van der Waals surface area (Å²) in [6.07, 6.45) is 4.99. The number of rotatable bonds is 2. The Kier molecular flexibility index (Phi) is 3.77. The van der Waals surface area contributed by atoms with Crippen LogP contribution in [0.15, 0.2) is 54.8 Å². The first-order valence-corrected chi connectivity index (χ1v) is 9.29. The number of anilines is 1. The van der Waals surface area contributed by atoms with Crippen LogP contribution < -0.4 is 10.6 Å². The summed E-state index contributed by atoms with van der Waals surface area (Å²) in [6.45, 7) is 6.60. The van der Waals surface area contributed by atoms with E-state index in [1.165, 1.54) is 17.2 Å². The van der Waals surface area contributed by atoms with E-state index in [1.807, 2.05) is 0 Å². The van der Waals surface area contributed by atoms with Gasteiger partial charge in [-0.2, -0.15) is 0 Å². The van der Waals surface area contributed by atoms with E-state index in [-0.39, 0.29) is 29.6 Å². The van der Waals surface area contributed by atoms with Gasteiger partial charge in [-0.05, 0) is 47.1 Å². The number of fused-ring (bicyclic) bond motifs is 2. The second-order valence-corrected chi connectivity index (χ2v) is 8.08. The van der Waals surface area contributed by atoms with Crippen LogP contribution in [0.25, 0.3) is 10.8 Å². The zero-order chi connectivity index (χ0) is 20.8. The van der Waals surface area contributed by atoms with E-state index in [0.717, 1.165) is 18.4 Å². The van der Waals surface area contributed by atoms with Crippen LogP contribution in [0.1, 0.15) is 52.7 Å². The number of hydrogen-bond donors (Lipinski definition) is 2. The lowest BCUT2D eigenvalue weighted by Crippen LogP contribution is -2.31. The maximum atomic E-state index is 12.7. The molecule has 0 spiro atoms. The molecule has 138 valence electrons. The summed E-state index contributed by atoms with van der Waals surface area (Å²) in [7, 11) is 0. The molecule has 4 heteroatoms. The SMILES string of the molecule is [3H]c1cc([3H])c2cnccc2c1NC(=O)N[C@@H]1CCc2cc(C(C)(C)C)ccc21. The predicted molar refractivity (Wildman–Crippen MR) is 110 cm³/mol. The lowest BCUT2D eigenvalue weighted by atomic mass is 9.85. The van der Waals surface area contributed by atoms with Crippen molar-refractivity contribution >= 4 is 22.5 Å². The predicted octanol–water partition coefficient (Wildman–Crippen LogP) is 5.34. The average molecular weight is 363 g/mol. The van der Waals surface area contributed by atoms with E-state index in [1.54, 1.807) is 18.5 Å². The standard InChI is InChI=1S/C23H25N3O/c1-23(2,3)17-8-9-18-15(13-17)7-10-21(18)26-22(27)25-20-6-4-5-16-14-24-12-11-19(16)20/h4-6,8-9,11-14,21H,7,10H2,1-3H3,(H2,25,26,27)/t21-/m1/s1/i5T,6T. The maximum Gasteiger partial charge on any atom is 0.319 e. The molecule has 0 saturated heterocycles. The Balaban J connectivity index is 1.55. The molecule has 0 unspecified atom stereocenters. The van der Waals surface area contributed by atoms with Crippen LogP contribution in [0.4, 0.5) is 10.5 Å². The summed E-state index contributed by atoms with van der Waals surface area (Å²) in [5.41, 5.74) is 4.25. The highest BCUT2D eigenvalue weighted by Gasteiger charge is 2.26. The third-order valence-corrected chi connectivity index (χ3v) is 5.17. The van der Waals surface area contributed by atoms with Crippen LogP contribution in [0.5, 0.6) is 0 Å². The maximum absolute atomic E-state index is 12.7. The quantitative estimate of drug-likeness (QED) is 0.645. The monoisotopic (exact) mass is 363 g/mol. The third kappa shape index (κ3) is 3.52. The minimum atomic E-state index is -0.341. The molecule has 3 aromatic rings. The second-order valence-electron chi connectivity index (χ2n) is 8.08. The fraction of sp³-hybridized carbons (Fsp3) is 0.304. The first-order valence-electron chi connectivity index (χ1n) is 10.3. The minimum absolute atomic E-state index is 0.0448. The Morgan fingerprint density at radius 2 is 2.11 bits per heavy atom. The van der Waals surface area contributed by atoms with Crippen LogP contribution in [-0.4, -0.2) is 11.0 Å². The molecular formula is C23H25N3O. The number of hydrogen-bond acceptors (Lipinski definition) is 2. The summed E-state index contributed by atoms with van der Waals surface area (Å²) in [6, 6.07) is 9.63. The number of aryl methyl sites for hydroxylation is 1. The lowest BCUT2D eigenvalue weighted by Gasteiger charge is -2.21. The Morgan fingerprint density at radius 1 is 1.26 bits per heavy atom. The molecule has 2 aromatic carbocycles. The molecule has 27 heavy (non-hydrogen) atoms. The van der Waals surface area contributed by atoms with Gasteiger partial charge >= 0.3 is 6.03 Å². The van der Waals surface area contributed by atoms with E-state index < -0.39 is 0 Å². The third-order valence-electron chi connectivity index (χ3n) is 5.17. The molecule has 0 saturated carbocycles. The van der Waals surface area contributed by atoms with Crippen LogP contribution in [0, 0.1) is 0 Å². The van der Waals surface area contributed by atoms with Gasteiger partial charge in [0.25, 0.3) is 0 Å². The fourth-order valence-electron chi connectivity index (χ4n) is 3.64. The van der Waals surface area contributed by atoms with Gasteiger partial charge in [0.2, 0.25) is 0 Å². The summed E-state index contributed by atoms with van der Waals surface area (Å²) >= 11 is 0. The summed E-state index contributed by atoms with van der Waals surface area (Å²) in [4.78, 5) is 16.8. The van der Waals surface area contributed by atoms with Gasteiger partial charge in [-0.3, -0.25) is 4.98 Å². The number of carbonyl (C=O) groups is 1. The van der Waals surface area contributed by atoms with Gasteiger partial charge in [0.1, 0.15) is 0 Å². The van der Waals surface area contributed by atoms with Crippen molar-refractivity contribution in [2.75, 3.05) is 5.32 Å². The van der Waals surface area contributed by atoms with Crippen molar-refractivity contribution in [2.45, 2.75) is 45.1 Å². The molecule has 1 aliphatic carbocycles. The normalized spacial score (nSPS) is 17.2. The Morgan fingerprint density at radius 3 is 2.93 bits per heavy atom. The highest BCUT2D eigenvalue weighted by molar-refractivity contribution is 6.01. The Bertz CT molecular complexity index is 1110. The summed E-state index contributed by atoms with van der Waals surface area (Å²) in [5, 5.41) is 7.14. The molecule has 2 amide bonds. The molecule has 2 N–H and O–H groups in total. The van der Waals surface area contributed by atoms with E-state index in [9.17, 15) is 4.79 Å². The van der Waals surface area contributed by atoms with Crippen molar-refractivity contribution in [1.82, 2.24) is 10.3 Å². The fourth-order valence-corrected chi connectivity index (χ4v) is 3.64. The molecule has 4 rings (SSSR count). The number of nitrogens with one attached hydrogen (secondary N) is 2. The van der Waals surface area contributed by atoms with Gasteiger partial charge < -0.3 is 10.6 Å². The van der Waals surface area contributed by atoms with E-state index in [0.29, 0.717) is 16.5 Å². The van der Waals surface area contributed by atoms with Gasteiger partial charge in [-0.1, -0.05) is 51.1 Å². The molecule has 1 atom stereocenters. The first kappa shape index (κ1) is 15.2. The van der Waals surface area contributed by atoms with Gasteiger partial charge in [0.15, 0.2) is 0 Å². The van der Waals surface area contributed by atoms with Crippen molar-refractivity contribution < 1.29 is 7.54 Å².